The number of nitriles is 1. The highest BCUT2D eigenvalue weighted by Crippen LogP contribution is 2.26. The van der Waals surface area contributed by atoms with Gasteiger partial charge in [-0.25, -0.2) is 13.2 Å². The molecule has 1 aliphatic rings. The first-order valence-electron chi connectivity index (χ1n) is 8.53. The van der Waals surface area contributed by atoms with Crippen LogP contribution in [0, 0.1) is 18.3 Å². The van der Waals surface area contributed by atoms with Crippen molar-refractivity contribution in [3.63, 3.8) is 0 Å². The fraction of sp³-hybridized carbons (Fsp3) is 0.389. The van der Waals surface area contributed by atoms with Crippen LogP contribution in [0.15, 0.2) is 28.9 Å². The number of aryl methyl sites for hydroxylation is 1. The van der Waals surface area contributed by atoms with E-state index in [-0.39, 0.29) is 34.3 Å². The predicted octanol–water partition coefficient (Wildman–Crippen LogP) is 1.05. The Bertz CT molecular complexity index is 1050. The molecule has 28 heavy (non-hydrogen) atoms. The van der Waals surface area contributed by atoms with Crippen molar-refractivity contribution in [3.05, 3.63) is 41.4 Å². The first-order valence-corrected chi connectivity index (χ1v) is 10.4. The molecule has 9 nitrogen and oxygen atoms in total. The van der Waals surface area contributed by atoms with Crippen molar-refractivity contribution in [1.29, 1.82) is 5.26 Å². The van der Waals surface area contributed by atoms with Gasteiger partial charge in [-0.3, -0.25) is 9.36 Å². The van der Waals surface area contributed by atoms with Crippen molar-refractivity contribution in [1.82, 2.24) is 9.47 Å². The molecular formula is C18H19N3O6S. The van der Waals surface area contributed by atoms with Gasteiger partial charge < -0.3 is 14.1 Å². The lowest BCUT2D eigenvalue weighted by atomic mass is 10.1. The number of aromatic nitrogens is 1. The normalized spacial score (nSPS) is 17.8. The lowest BCUT2D eigenvalue weighted by Crippen LogP contribution is -2.40. The number of esters is 1. The predicted molar refractivity (Wildman–Crippen MR) is 97.6 cm³/mol. The monoisotopic (exact) mass is 405 g/mol. The highest BCUT2D eigenvalue weighted by atomic mass is 32.2. The van der Waals surface area contributed by atoms with Crippen LogP contribution in [0.25, 0.3) is 5.88 Å². The zero-order valence-electron chi connectivity index (χ0n) is 15.4. The van der Waals surface area contributed by atoms with Crippen LogP contribution in [0.1, 0.15) is 28.1 Å². The van der Waals surface area contributed by atoms with Gasteiger partial charge in [-0.05, 0) is 25.5 Å². The molecule has 2 aromatic heterocycles. The molecule has 1 aliphatic heterocycles. The number of hydrogen-bond donors (Lipinski definition) is 0. The molecule has 1 atom stereocenters. The maximum atomic E-state index is 12.5. The number of amides is 1. The Morgan fingerprint density at radius 3 is 2.64 bits per heavy atom. The average Bonchev–Trinajstić information content (AvgIpc) is 3.36. The molecule has 0 radical (unpaired) electrons. The van der Waals surface area contributed by atoms with E-state index in [9.17, 15) is 23.3 Å². The van der Waals surface area contributed by atoms with Crippen LogP contribution >= 0.6 is 0 Å². The summed E-state index contributed by atoms with van der Waals surface area (Å²) in [7, 11) is -1.65. The summed E-state index contributed by atoms with van der Waals surface area (Å²) in [4.78, 5) is 26.0. The Kier molecular flexibility index (Phi) is 5.29. The molecule has 10 heteroatoms. The quantitative estimate of drug-likeness (QED) is 0.681. The Labute approximate surface area is 162 Å². The molecule has 0 N–H and O–H groups in total. The summed E-state index contributed by atoms with van der Waals surface area (Å²) in [6.45, 7) is 0.974. The van der Waals surface area contributed by atoms with Gasteiger partial charge in [0.05, 0.1) is 11.5 Å². The maximum Gasteiger partial charge on any atom is 0.343 e. The minimum atomic E-state index is -3.13. The number of rotatable bonds is 5. The van der Waals surface area contributed by atoms with E-state index in [2.05, 4.69) is 0 Å². The minimum absolute atomic E-state index is 0.0152. The molecule has 0 aliphatic carbocycles. The van der Waals surface area contributed by atoms with Crippen LogP contribution in [-0.4, -0.2) is 61.0 Å². The summed E-state index contributed by atoms with van der Waals surface area (Å²) >= 11 is 0. The molecule has 1 amide bonds. The Morgan fingerprint density at radius 2 is 2.07 bits per heavy atom. The molecule has 3 rings (SSSR count). The molecular weight excluding hydrogens is 386 g/mol. The number of likely N-dealkylation sites (N-methyl/N-ethyl adjacent to an activating group) is 1. The summed E-state index contributed by atoms with van der Waals surface area (Å²) in [5.41, 5.74) is -0.0218. The summed E-state index contributed by atoms with van der Waals surface area (Å²) in [5.74, 6) is -1.03. The van der Waals surface area contributed by atoms with E-state index in [4.69, 9.17) is 9.15 Å². The third-order valence-electron chi connectivity index (χ3n) is 4.70. The molecule has 148 valence electrons. The van der Waals surface area contributed by atoms with Crippen molar-refractivity contribution in [3.8, 4) is 12.0 Å². The fourth-order valence-electron chi connectivity index (χ4n) is 3.12. The van der Waals surface area contributed by atoms with Crippen molar-refractivity contribution in [2.24, 2.45) is 0 Å². The molecule has 0 saturated carbocycles. The highest BCUT2D eigenvalue weighted by molar-refractivity contribution is 7.91. The lowest BCUT2D eigenvalue weighted by molar-refractivity contribution is -0.134. The smallest absolute Gasteiger partial charge is 0.343 e. The Hall–Kier alpha value is -3.06. The van der Waals surface area contributed by atoms with Crippen LogP contribution in [-0.2, 0) is 19.4 Å². The molecule has 3 heterocycles. The lowest BCUT2D eigenvalue weighted by Gasteiger charge is -2.23. The summed E-state index contributed by atoms with van der Waals surface area (Å²) in [6, 6.07) is 5.00. The number of nitrogens with zero attached hydrogens (tertiary/aromatic N) is 3. The summed E-state index contributed by atoms with van der Waals surface area (Å²) in [5, 5.41) is 9.46. The van der Waals surface area contributed by atoms with Gasteiger partial charge in [-0.15, -0.1) is 0 Å². The van der Waals surface area contributed by atoms with Crippen molar-refractivity contribution in [2.75, 3.05) is 25.2 Å². The van der Waals surface area contributed by atoms with Gasteiger partial charge >= 0.3 is 5.97 Å². The van der Waals surface area contributed by atoms with Gasteiger partial charge in [0.25, 0.3) is 5.91 Å². The van der Waals surface area contributed by atoms with E-state index in [1.807, 2.05) is 6.07 Å². The number of ether oxygens (including phenoxy) is 1. The number of carbonyl (C=O) groups is 2. The van der Waals surface area contributed by atoms with E-state index >= 15 is 0 Å². The number of furan rings is 1. The van der Waals surface area contributed by atoms with Gasteiger partial charge in [0.15, 0.2) is 16.4 Å². The highest BCUT2D eigenvalue weighted by Gasteiger charge is 2.33. The molecule has 1 saturated heterocycles. The first-order chi connectivity index (χ1) is 13.2. The minimum Gasteiger partial charge on any atom is -0.452 e. The molecule has 2 aromatic rings. The largest absolute Gasteiger partial charge is 0.452 e. The van der Waals surface area contributed by atoms with Gasteiger partial charge in [0.2, 0.25) is 5.88 Å². The van der Waals surface area contributed by atoms with E-state index in [1.54, 1.807) is 29.1 Å². The molecule has 0 aromatic carbocycles. The fourth-order valence-corrected chi connectivity index (χ4v) is 4.89. The third-order valence-corrected chi connectivity index (χ3v) is 6.45. The standard InChI is InChI=1S/C18H19N3O6S/c1-12-16(14(9-19)17(27-12)21-6-3-4-7-21)18(23)26-10-15(22)20(2)13-5-8-28(24,25)11-13/h3-4,6-7,13H,5,8,10-11H2,1-2H3/t13-/m0/s1. The SMILES string of the molecule is Cc1oc(-n2cccc2)c(C#N)c1C(=O)OCC(=O)N(C)[C@H]1CCS(=O)(=O)C1. The second-order valence-electron chi connectivity index (χ2n) is 6.55. The van der Waals surface area contributed by atoms with Gasteiger partial charge in [0.1, 0.15) is 23.0 Å². The topological polar surface area (TPSA) is 123 Å². The number of sulfone groups is 1. The second kappa shape index (κ2) is 7.52. The van der Waals surface area contributed by atoms with Crippen molar-refractivity contribution >= 4 is 21.7 Å². The van der Waals surface area contributed by atoms with E-state index in [0.717, 1.165) is 0 Å². The van der Waals surface area contributed by atoms with E-state index < -0.39 is 34.4 Å². The van der Waals surface area contributed by atoms with E-state index in [1.165, 1.54) is 18.9 Å². The molecule has 0 unspecified atom stereocenters. The van der Waals surface area contributed by atoms with Crippen LogP contribution in [0.2, 0.25) is 0 Å². The number of carbonyl (C=O) groups excluding carboxylic acids is 2. The van der Waals surface area contributed by atoms with Gasteiger partial charge in [-0.1, -0.05) is 0 Å². The summed E-state index contributed by atoms with van der Waals surface area (Å²) < 4.78 is 35.3. The van der Waals surface area contributed by atoms with E-state index in [0.29, 0.717) is 6.42 Å². The van der Waals surface area contributed by atoms with Gasteiger partial charge in [0, 0.05) is 25.5 Å². The van der Waals surface area contributed by atoms with Gasteiger partial charge in [-0.2, -0.15) is 5.26 Å². The Morgan fingerprint density at radius 1 is 1.39 bits per heavy atom. The Balaban J connectivity index is 1.70. The van der Waals surface area contributed by atoms with Crippen LogP contribution in [0.5, 0.6) is 0 Å². The van der Waals surface area contributed by atoms with Crippen LogP contribution in [0.4, 0.5) is 0 Å². The maximum absolute atomic E-state index is 12.5. The molecule has 0 bridgehead atoms. The third kappa shape index (κ3) is 3.80. The number of hydrogen-bond acceptors (Lipinski definition) is 7. The second-order valence-corrected chi connectivity index (χ2v) is 8.78. The zero-order valence-corrected chi connectivity index (χ0v) is 16.2. The first kappa shape index (κ1) is 19.7. The van der Waals surface area contributed by atoms with Crippen molar-refractivity contribution < 1.29 is 27.2 Å². The average molecular weight is 405 g/mol. The van der Waals surface area contributed by atoms with Crippen LogP contribution in [0.3, 0.4) is 0 Å². The summed E-state index contributed by atoms with van der Waals surface area (Å²) in [6.07, 6.45) is 3.70. The zero-order chi connectivity index (χ0) is 20.5. The van der Waals surface area contributed by atoms with Crippen molar-refractivity contribution in [2.45, 2.75) is 19.4 Å². The molecule has 1 fully saturated rings. The molecule has 0 spiro atoms. The van der Waals surface area contributed by atoms with Crippen LogP contribution < -0.4 is 0 Å².